The molecular weight excluding hydrogens is 404 g/mol. The molecule has 9 nitrogen and oxygen atoms in total. The molecule has 0 bridgehead atoms. The van der Waals surface area contributed by atoms with E-state index >= 15 is 0 Å². The minimum atomic E-state index is -3.81. The molecule has 3 aromatic rings. The molecule has 0 radical (unpaired) electrons. The van der Waals surface area contributed by atoms with Crippen LogP contribution < -0.4 is 10.0 Å². The highest BCUT2D eigenvalue weighted by Crippen LogP contribution is 2.25. The minimum absolute atomic E-state index is 0.0118. The summed E-state index contributed by atoms with van der Waals surface area (Å²) in [6.07, 6.45) is 1.48. The molecule has 1 aromatic heterocycles. The van der Waals surface area contributed by atoms with Gasteiger partial charge in [-0.25, -0.2) is 13.4 Å². The van der Waals surface area contributed by atoms with Crippen LogP contribution in [0.4, 0.5) is 16.5 Å². The number of carbonyl (C=O) groups excluding carboxylic acids is 1. The Morgan fingerprint density at radius 2 is 1.89 bits per heavy atom. The molecule has 0 aliphatic rings. The van der Waals surface area contributed by atoms with Crippen molar-refractivity contribution in [2.45, 2.75) is 11.8 Å². The third-order valence-electron chi connectivity index (χ3n) is 3.74. The summed E-state index contributed by atoms with van der Waals surface area (Å²) >= 11 is 1.14. The highest BCUT2D eigenvalue weighted by Gasteiger charge is 2.22. The SMILES string of the molecule is Cc1cccc(C(=O)Nc2ccc(S(=O)(=O)Nc3nccs3)cc2)c1[N+](=O)[O-]. The molecule has 3 rings (SSSR count). The minimum Gasteiger partial charge on any atom is -0.322 e. The van der Waals surface area contributed by atoms with E-state index in [0.29, 0.717) is 11.3 Å². The smallest absolute Gasteiger partial charge is 0.285 e. The molecule has 0 saturated carbocycles. The van der Waals surface area contributed by atoms with Crippen molar-refractivity contribution < 1.29 is 18.1 Å². The van der Waals surface area contributed by atoms with Gasteiger partial charge in [0.25, 0.3) is 21.6 Å². The number of nitro groups is 1. The Morgan fingerprint density at radius 1 is 1.18 bits per heavy atom. The number of hydrogen-bond acceptors (Lipinski definition) is 7. The van der Waals surface area contributed by atoms with Crippen LogP contribution in [0.15, 0.2) is 58.9 Å². The number of aromatic nitrogens is 1. The summed E-state index contributed by atoms with van der Waals surface area (Å²) in [4.78, 5) is 26.9. The first kappa shape index (κ1) is 19.5. The molecule has 144 valence electrons. The number of para-hydroxylation sites is 1. The molecule has 0 aliphatic carbocycles. The Balaban J connectivity index is 1.79. The van der Waals surface area contributed by atoms with Gasteiger partial charge in [0.2, 0.25) is 0 Å². The van der Waals surface area contributed by atoms with E-state index < -0.39 is 20.9 Å². The van der Waals surface area contributed by atoms with Gasteiger partial charge in [0, 0.05) is 22.8 Å². The van der Waals surface area contributed by atoms with Gasteiger partial charge < -0.3 is 5.32 Å². The van der Waals surface area contributed by atoms with E-state index in [2.05, 4.69) is 15.0 Å². The fourth-order valence-electron chi connectivity index (χ4n) is 2.45. The van der Waals surface area contributed by atoms with E-state index in [1.165, 1.54) is 36.5 Å². The molecule has 1 heterocycles. The molecular formula is C17H14N4O5S2. The van der Waals surface area contributed by atoms with Gasteiger partial charge in [-0.15, -0.1) is 11.3 Å². The topological polar surface area (TPSA) is 131 Å². The Labute approximate surface area is 164 Å². The van der Waals surface area contributed by atoms with Crippen LogP contribution in [-0.4, -0.2) is 24.2 Å². The number of benzene rings is 2. The molecule has 0 saturated heterocycles. The summed E-state index contributed by atoms with van der Waals surface area (Å²) in [5.74, 6) is -0.660. The average Bonchev–Trinajstić information content (AvgIpc) is 3.14. The Hall–Kier alpha value is -3.31. The average molecular weight is 418 g/mol. The second-order valence-electron chi connectivity index (χ2n) is 5.65. The summed E-state index contributed by atoms with van der Waals surface area (Å²) in [5.41, 5.74) is 0.320. The number of thiazole rings is 1. The number of sulfonamides is 1. The number of anilines is 2. The van der Waals surface area contributed by atoms with Crippen LogP contribution in [-0.2, 0) is 10.0 Å². The van der Waals surface area contributed by atoms with Crippen LogP contribution >= 0.6 is 11.3 Å². The highest BCUT2D eigenvalue weighted by molar-refractivity contribution is 7.93. The molecule has 2 N–H and O–H groups in total. The first-order valence-electron chi connectivity index (χ1n) is 7.85. The zero-order valence-corrected chi connectivity index (χ0v) is 16.1. The summed E-state index contributed by atoms with van der Waals surface area (Å²) in [5, 5.41) is 15.6. The van der Waals surface area contributed by atoms with E-state index in [4.69, 9.17) is 0 Å². The fraction of sp³-hybridized carbons (Fsp3) is 0.0588. The van der Waals surface area contributed by atoms with Crippen LogP contribution in [0.3, 0.4) is 0 Å². The monoisotopic (exact) mass is 418 g/mol. The van der Waals surface area contributed by atoms with Crippen molar-refractivity contribution in [1.82, 2.24) is 4.98 Å². The number of nitro benzene ring substituents is 1. The van der Waals surface area contributed by atoms with Crippen molar-refractivity contribution in [3.63, 3.8) is 0 Å². The number of aryl methyl sites for hydroxylation is 1. The van der Waals surface area contributed by atoms with Gasteiger partial charge in [-0.2, -0.15) is 0 Å². The van der Waals surface area contributed by atoms with Gasteiger partial charge in [-0.3, -0.25) is 19.6 Å². The maximum Gasteiger partial charge on any atom is 0.285 e. The molecule has 1 amide bonds. The summed E-state index contributed by atoms with van der Waals surface area (Å²) < 4.78 is 27.0. The Kier molecular flexibility index (Phi) is 5.38. The van der Waals surface area contributed by atoms with Crippen LogP contribution in [0.5, 0.6) is 0 Å². The summed E-state index contributed by atoms with van der Waals surface area (Å²) in [6, 6.07) is 9.89. The maximum absolute atomic E-state index is 12.4. The van der Waals surface area contributed by atoms with E-state index in [-0.39, 0.29) is 21.3 Å². The van der Waals surface area contributed by atoms with Gasteiger partial charge in [-0.1, -0.05) is 12.1 Å². The van der Waals surface area contributed by atoms with Crippen LogP contribution in [0.25, 0.3) is 0 Å². The highest BCUT2D eigenvalue weighted by atomic mass is 32.2. The predicted octanol–water partition coefficient (Wildman–Crippen LogP) is 3.41. The van der Waals surface area contributed by atoms with Crippen molar-refractivity contribution in [3.05, 3.63) is 75.3 Å². The molecule has 28 heavy (non-hydrogen) atoms. The first-order valence-corrected chi connectivity index (χ1v) is 10.2. The second-order valence-corrected chi connectivity index (χ2v) is 8.23. The molecule has 0 fully saturated rings. The lowest BCUT2D eigenvalue weighted by molar-refractivity contribution is -0.385. The van der Waals surface area contributed by atoms with Crippen molar-refractivity contribution >= 4 is 43.8 Å². The van der Waals surface area contributed by atoms with Crippen molar-refractivity contribution in [1.29, 1.82) is 0 Å². The summed E-state index contributed by atoms with van der Waals surface area (Å²) in [6.45, 7) is 1.55. The molecule has 11 heteroatoms. The lowest BCUT2D eigenvalue weighted by atomic mass is 10.1. The standard InChI is InChI=1S/C17H14N4O5S2/c1-11-3-2-4-14(15(11)21(23)24)16(22)19-12-5-7-13(8-6-12)28(25,26)20-17-18-9-10-27-17/h2-10H,1H3,(H,18,20)(H,19,22). The maximum atomic E-state index is 12.4. The van der Waals surface area contributed by atoms with E-state index in [1.54, 1.807) is 24.4 Å². The Bertz CT molecular complexity index is 1130. The molecule has 0 atom stereocenters. The number of rotatable bonds is 6. The van der Waals surface area contributed by atoms with Gasteiger partial charge in [0.15, 0.2) is 5.13 Å². The van der Waals surface area contributed by atoms with E-state index in [9.17, 15) is 23.3 Å². The Morgan fingerprint density at radius 3 is 2.50 bits per heavy atom. The van der Waals surface area contributed by atoms with Gasteiger partial charge in [-0.05, 0) is 37.3 Å². The van der Waals surface area contributed by atoms with Crippen LogP contribution in [0.2, 0.25) is 0 Å². The lowest BCUT2D eigenvalue weighted by Crippen LogP contribution is -2.15. The van der Waals surface area contributed by atoms with Crippen LogP contribution in [0, 0.1) is 17.0 Å². The lowest BCUT2D eigenvalue weighted by Gasteiger charge is -2.09. The second kappa shape index (κ2) is 7.74. The normalized spacial score (nSPS) is 11.0. The third kappa shape index (κ3) is 4.15. The number of hydrogen-bond donors (Lipinski definition) is 2. The number of nitrogens with one attached hydrogen (secondary N) is 2. The first-order chi connectivity index (χ1) is 13.3. The van der Waals surface area contributed by atoms with Gasteiger partial charge in [0.1, 0.15) is 5.56 Å². The third-order valence-corrected chi connectivity index (χ3v) is 5.91. The quantitative estimate of drug-likeness (QED) is 0.466. The number of carbonyl (C=O) groups is 1. The van der Waals surface area contributed by atoms with Gasteiger partial charge >= 0.3 is 0 Å². The van der Waals surface area contributed by atoms with E-state index in [1.807, 2.05) is 0 Å². The van der Waals surface area contributed by atoms with E-state index in [0.717, 1.165) is 11.3 Å². The van der Waals surface area contributed by atoms with Crippen molar-refractivity contribution in [2.75, 3.05) is 10.0 Å². The number of amides is 1. The zero-order chi connectivity index (χ0) is 20.3. The predicted molar refractivity (Wildman–Crippen MR) is 105 cm³/mol. The summed E-state index contributed by atoms with van der Waals surface area (Å²) in [7, 11) is -3.81. The van der Waals surface area contributed by atoms with Crippen LogP contribution in [0.1, 0.15) is 15.9 Å². The molecule has 2 aromatic carbocycles. The zero-order valence-electron chi connectivity index (χ0n) is 14.4. The molecule has 0 spiro atoms. The molecule has 0 aliphatic heterocycles. The van der Waals surface area contributed by atoms with Gasteiger partial charge in [0.05, 0.1) is 9.82 Å². The molecule has 0 unspecified atom stereocenters. The fourth-order valence-corrected chi connectivity index (χ4v) is 4.24. The number of nitrogens with zero attached hydrogens (tertiary/aromatic N) is 2. The largest absolute Gasteiger partial charge is 0.322 e. The van der Waals surface area contributed by atoms with Crippen molar-refractivity contribution in [2.24, 2.45) is 0 Å². The van der Waals surface area contributed by atoms with Crippen molar-refractivity contribution in [3.8, 4) is 0 Å².